The van der Waals surface area contributed by atoms with Crippen LogP contribution < -0.4 is 11.3 Å². The zero-order valence-electron chi connectivity index (χ0n) is 10.5. The molecule has 0 fully saturated rings. The monoisotopic (exact) mass is 263 g/mol. The summed E-state index contributed by atoms with van der Waals surface area (Å²) in [6.07, 6.45) is 2.03. The number of aromatic nitrogens is 1. The lowest BCUT2D eigenvalue weighted by atomic mass is 10.0. The Hall–Kier alpha value is -1.85. The molecular formula is C14H15F2N3. The van der Waals surface area contributed by atoms with Crippen molar-refractivity contribution in [3.05, 3.63) is 65.0 Å². The first kappa shape index (κ1) is 13.6. The maximum absolute atomic E-state index is 13.2. The van der Waals surface area contributed by atoms with Gasteiger partial charge in [-0.25, -0.2) is 8.78 Å². The van der Waals surface area contributed by atoms with E-state index in [1.807, 2.05) is 19.1 Å². The summed E-state index contributed by atoms with van der Waals surface area (Å²) < 4.78 is 26.3. The lowest BCUT2D eigenvalue weighted by molar-refractivity contribution is 0.527. The van der Waals surface area contributed by atoms with Crippen LogP contribution in [0.1, 0.15) is 22.9 Å². The quantitative estimate of drug-likeness (QED) is 0.658. The van der Waals surface area contributed by atoms with Crippen molar-refractivity contribution in [2.24, 2.45) is 5.84 Å². The number of nitrogens with one attached hydrogen (secondary N) is 1. The number of nitrogens with two attached hydrogens (primary N) is 1. The molecule has 3 nitrogen and oxygen atoms in total. The molecule has 2 rings (SSSR count). The molecule has 0 aliphatic rings. The molecule has 0 saturated carbocycles. The average molecular weight is 263 g/mol. The summed E-state index contributed by atoms with van der Waals surface area (Å²) in [7, 11) is 0. The van der Waals surface area contributed by atoms with Crippen molar-refractivity contribution in [3.63, 3.8) is 0 Å². The van der Waals surface area contributed by atoms with Gasteiger partial charge >= 0.3 is 0 Å². The first-order valence-corrected chi connectivity index (χ1v) is 5.92. The molecular weight excluding hydrogens is 248 g/mol. The number of hydrogen-bond donors (Lipinski definition) is 2. The number of pyridine rings is 1. The Morgan fingerprint density at radius 3 is 2.53 bits per heavy atom. The number of halogens is 2. The lowest BCUT2D eigenvalue weighted by Crippen LogP contribution is -2.30. The summed E-state index contributed by atoms with van der Waals surface area (Å²) in [5.41, 5.74) is 4.92. The predicted molar refractivity (Wildman–Crippen MR) is 69.1 cm³/mol. The van der Waals surface area contributed by atoms with Gasteiger partial charge in [0.15, 0.2) is 0 Å². The van der Waals surface area contributed by atoms with E-state index in [1.165, 1.54) is 12.1 Å². The molecule has 5 heteroatoms. The maximum atomic E-state index is 13.2. The van der Waals surface area contributed by atoms with E-state index in [1.54, 1.807) is 6.20 Å². The van der Waals surface area contributed by atoms with Gasteiger partial charge < -0.3 is 0 Å². The molecule has 100 valence electrons. The van der Waals surface area contributed by atoms with Crippen LogP contribution in [0, 0.1) is 18.6 Å². The van der Waals surface area contributed by atoms with Gasteiger partial charge in [0.1, 0.15) is 11.6 Å². The van der Waals surface area contributed by atoms with E-state index in [0.717, 1.165) is 17.3 Å². The lowest BCUT2D eigenvalue weighted by Gasteiger charge is -2.17. The number of nitrogens with zero attached hydrogens (tertiary/aromatic N) is 1. The van der Waals surface area contributed by atoms with E-state index in [-0.39, 0.29) is 6.04 Å². The summed E-state index contributed by atoms with van der Waals surface area (Å²) in [5, 5.41) is 0. The molecule has 1 heterocycles. The van der Waals surface area contributed by atoms with Crippen molar-refractivity contribution in [2.75, 3.05) is 0 Å². The number of hydrazine groups is 1. The van der Waals surface area contributed by atoms with Crippen LogP contribution in [0.15, 0.2) is 36.5 Å². The second-order valence-electron chi connectivity index (χ2n) is 4.41. The topological polar surface area (TPSA) is 50.9 Å². The molecule has 0 bridgehead atoms. The predicted octanol–water partition coefficient (Wildman–Crippen LogP) is 2.42. The second kappa shape index (κ2) is 5.86. The van der Waals surface area contributed by atoms with E-state index >= 15 is 0 Å². The Kier molecular flexibility index (Phi) is 4.19. The molecule has 0 amide bonds. The van der Waals surface area contributed by atoms with Crippen LogP contribution in [0.4, 0.5) is 8.78 Å². The molecule has 1 aromatic heterocycles. The first-order valence-electron chi connectivity index (χ1n) is 5.92. The van der Waals surface area contributed by atoms with Crippen LogP contribution in [0.2, 0.25) is 0 Å². The molecule has 19 heavy (non-hydrogen) atoms. The van der Waals surface area contributed by atoms with Crippen LogP contribution in [-0.4, -0.2) is 4.98 Å². The Bertz CT molecular complexity index is 552. The number of hydrogen-bond acceptors (Lipinski definition) is 3. The van der Waals surface area contributed by atoms with Crippen molar-refractivity contribution in [2.45, 2.75) is 19.4 Å². The molecule has 1 aromatic carbocycles. The standard InChI is InChI=1S/C14H15F2N3/c1-9-3-2-4-18-14(9)13(19-17)7-10-5-11(15)8-12(16)6-10/h2-6,8,13,19H,7,17H2,1H3. The van der Waals surface area contributed by atoms with E-state index < -0.39 is 11.6 Å². The summed E-state index contributed by atoms with van der Waals surface area (Å²) in [6, 6.07) is 6.90. The van der Waals surface area contributed by atoms with Gasteiger partial charge in [-0.3, -0.25) is 16.3 Å². The zero-order valence-corrected chi connectivity index (χ0v) is 10.5. The first-order chi connectivity index (χ1) is 9.10. The molecule has 0 aliphatic carbocycles. The second-order valence-corrected chi connectivity index (χ2v) is 4.41. The van der Waals surface area contributed by atoms with Gasteiger partial charge in [-0.1, -0.05) is 6.07 Å². The fraction of sp³-hybridized carbons (Fsp3) is 0.214. The van der Waals surface area contributed by atoms with Gasteiger partial charge in [0.2, 0.25) is 0 Å². The van der Waals surface area contributed by atoms with Gasteiger partial charge in [-0.05, 0) is 42.7 Å². The Labute approximate surface area is 110 Å². The zero-order chi connectivity index (χ0) is 13.8. The van der Waals surface area contributed by atoms with E-state index in [9.17, 15) is 8.78 Å². The Morgan fingerprint density at radius 1 is 1.26 bits per heavy atom. The maximum Gasteiger partial charge on any atom is 0.126 e. The minimum atomic E-state index is -0.594. The Balaban J connectivity index is 2.26. The summed E-state index contributed by atoms with van der Waals surface area (Å²) in [4.78, 5) is 4.26. The van der Waals surface area contributed by atoms with Gasteiger partial charge in [0, 0.05) is 12.3 Å². The highest BCUT2D eigenvalue weighted by atomic mass is 19.1. The minimum Gasteiger partial charge on any atom is -0.271 e. The van der Waals surface area contributed by atoms with Crippen LogP contribution in [0.3, 0.4) is 0 Å². The number of rotatable bonds is 4. The van der Waals surface area contributed by atoms with Crippen LogP contribution in [0.5, 0.6) is 0 Å². The number of benzene rings is 1. The SMILES string of the molecule is Cc1cccnc1C(Cc1cc(F)cc(F)c1)NN. The van der Waals surface area contributed by atoms with Gasteiger partial charge in [0.05, 0.1) is 11.7 Å². The summed E-state index contributed by atoms with van der Waals surface area (Å²) in [5.74, 6) is 4.33. The van der Waals surface area contributed by atoms with Crippen molar-refractivity contribution in [1.29, 1.82) is 0 Å². The third-order valence-electron chi connectivity index (χ3n) is 2.94. The van der Waals surface area contributed by atoms with Gasteiger partial charge in [-0.2, -0.15) is 0 Å². The van der Waals surface area contributed by atoms with Gasteiger partial charge in [-0.15, -0.1) is 0 Å². The molecule has 0 aliphatic heterocycles. The molecule has 3 N–H and O–H groups in total. The highest BCUT2D eigenvalue weighted by Crippen LogP contribution is 2.20. The third kappa shape index (κ3) is 3.33. The fourth-order valence-electron chi connectivity index (χ4n) is 2.06. The van der Waals surface area contributed by atoms with E-state index in [0.29, 0.717) is 12.0 Å². The third-order valence-corrected chi connectivity index (χ3v) is 2.94. The largest absolute Gasteiger partial charge is 0.271 e. The molecule has 1 atom stereocenters. The van der Waals surface area contributed by atoms with E-state index in [2.05, 4.69) is 10.4 Å². The fourth-order valence-corrected chi connectivity index (χ4v) is 2.06. The molecule has 1 unspecified atom stereocenters. The average Bonchev–Trinajstić information content (AvgIpc) is 2.36. The van der Waals surface area contributed by atoms with Crippen LogP contribution in [0.25, 0.3) is 0 Å². The highest BCUT2D eigenvalue weighted by Gasteiger charge is 2.15. The summed E-state index contributed by atoms with van der Waals surface area (Å²) in [6.45, 7) is 1.92. The number of aryl methyl sites for hydroxylation is 1. The normalized spacial score (nSPS) is 12.4. The van der Waals surface area contributed by atoms with Crippen LogP contribution >= 0.6 is 0 Å². The highest BCUT2D eigenvalue weighted by molar-refractivity contribution is 5.25. The van der Waals surface area contributed by atoms with Crippen molar-refractivity contribution < 1.29 is 8.78 Å². The summed E-state index contributed by atoms with van der Waals surface area (Å²) >= 11 is 0. The van der Waals surface area contributed by atoms with Crippen molar-refractivity contribution >= 4 is 0 Å². The van der Waals surface area contributed by atoms with Gasteiger partial charge in [0.25, 0.3) is 0 Å². The minimum absolute atomic E-state index is 0.289. The van der Waals surface area contributed by atoms with Crippen LogP contribution in [-0.2, 0) is 6.42 Å². The Morgan fingerprint density at radius 2 is 1.95 bits per heavy atom. The van der Waals surface area contributed by atoms with E-state index in [4.69, 9.17) is 5.84 Å². The van der Waals surface area contributed by atoms with Crippen molar-refractivity contribution in [3.8, 4) is 0 Å². The van der Waals surface area contributed by atoms with Crippen molar-refractivity contribution in [1.82, 2.24) is 10.4 Å². The molecule has 0 saturated heterocycles. The molecule has 0 spiro atoms. The smallest absolute Gasteiger partial charge is 0.126 e. The molecule has 2 aromatic rings. The molecule has 0 radical (unpaired) electrons.